The van der Waals surface area contributed by atoms with Gasteiger partial charge in [0, 0.05) is 5.56 Å². The Kier molecular flexibility index (Phi) is 20.5. The van der Waals surface area contributed by atoms with Crippen LogP contribution in [0, 0.1) is 20.4 Å². The number of aryl methyl sites for hydroxylation is 2. The van der Waals surface area contributed by atoms with Crippen LogP contribution >= 0.6 is 30.2 Å². The number of benzene rings is 2. The van der Waals surface area contributed by atoms with Crippen LogP contribution in [-0.2, 0) is 30.3 Å². The maximum atomic E-state index is 11.7. The summed E-state index contributed by atoms with van der Waals surface area (Å²) in [6, 6.07) is 7.18. The van der Waals surface area contributed by atoms with Crippen LogP contribution in [0.25, 0.3) is 4.85 Å². The van der Waals surface area contributed by atoms with Crippen molar-refractivity contribution in [1.82, 2.24) is 0 Å². The molecule has 2 N–H and O–H groups in total. The molecule has 2 aromatic rings. The number of methoxy groups -OCH3 is 2. The van der Waals surface area contributed by atoms with Crippen LogP contribution in [0.3, 0.4) is 0 Å². The minimum absolute atomic E-state index is 0. The molecule has 0 unspecified atom stereocenters. The number of esters is 2. The zero-order chi connectivity index (χ0) is 32.8. The lowest BCUT2D eigenvalue weighted by molar-refractivity contribution is 0.0590. The van der Waals surface area contributed by atoms with Crippen LogP contribution in [0.1, 0.15) is 109 Å². The summed E-state index contributed by atoms with van der Waals surface area (Å²) in [4.78, 5) is 27.0. The number of thiocarbonyl (C=S) groups is 1. The number of ether oxygens (including phenoxy) is 2. The van der Waals surface area contributed by atoms with E-state index in [1.54, 1.807) is 12.1 Å². The molecule has 0 radical (unpaired) electrons. The second kappa shape index (κ2) is 20.6. The highest BCUT2D eigenvalue weighted by Gasteiger charge is 2.18. The number of hydrogen-bond acceptors (Lipinski definition) is 8. The zero-order valence-corrected chi connectivity index (χ0v) is 29.5. The number of thiol groups is 1. The first-order valence-electron chi connectivity index (χ1n) is 13.3. The van der Waals surface area contributed by atoms with E-state index in [0.29, 0.717) is 35.0 Å². The molecule has 0 saturated heterocycles. The van der Waals surface area contributed by atoms with Gasteiger partial charge >= 0.3 is 11.9 Å². The van der Waals surface area contributed by atoms with Gasteiger partial charge in [-0.05, 0) is 85.7 Å². The van der Waals surface area contributed by atoms with E-state index in [9.17, 15) is 9.59 Å². The van der Waals surface area contributed by atoms with Gasteiger partial charge in [-0.2, -0.15) is 0 Å². The molecule has 0 atom stereocenters. The molecule has 0 fully saturated rings. The van der Waals surface area contributed by atoms with E-state index < -0.39 is 5.69 Å². The Bertz CT molecular complexity index is 1330. The molecular weight excluding hydrogens is 624 g/mol. The Labute approximate surface area is 274 Å². The van der Waals surface area contributed by atoms with Crippen molar-refractivity contribution in [3.05, 3.63) is 74.6 Å². The van der Waals surface area contributed by atoms with Crippen molar-refractivity contribution >= 4 is 64.6 Å². The van der Waals surface area contributed by atoms with E-state index in [4.69, 9.17) is 54.9 Å². The molecule has 240 valence electrons. The predicted molar refractivity (Wildman–Crippen MR) is 189 cm³/mol. The summed E-state index contributed by atoms with van der Waals surface area (Å²) in [6.07, 6.45) is 0. The molecule has 0 heterocycles. The molecule has 0 aliphatic carbocycles. The third-order valence-corrected chi connectivity index (χ3v) is 8.50. The maximum absolute atomic E-state index is 11.7. The average molecular weight is 671 g/mol. The number of rotatable bonds is 9. The van der Waals surface area contributed by atoms with Gasteiger partial charge in [0.25, 0.3) is 0 Å². The highest BCUT2D eigenvalue weighted by atomic mass is 32.9. The predicted octanol–water partition coefficient (Wildman–Crippen LogP) is 8.84. The van der Waals surface area contributed by atoms with Crippen molar-refractivity contribution in [2.24, 2.45) is 5.73 Å². The van der Waals surface area contributed by atoms with Crippen molar-refractivity contribution < 1.29 is 28.1 Å². The lowest BCUT2D eigenvalue weighted by Crippen LogP contribution is -2.15. The smallest absolute Gasteiger partial charge is 0.338 e. The highest BCUT2D eigenvalue weighted by molar-refractivity contribution is 8.60. The summed E-state index contributed by atoms with van der Waals surface area (Å²) >= 11 is 13.9. The van der Waals surface area contributed by atoms with Gasteiger partial charge in [-0.15, -0.1) is 0 Å². The SMILES string of the molecule is C.CCOP(=S)(S)OCC.COC(=O)c1cc(C(N)=S)c(C)cc1C(C)C.[C-]#[N+]c1cc(C(=O)OC)c(C(C)C)cc1C. The molecule has 8 nitrogen and oxygen atoms in total. The molecule has 0 amide bonds. The number of nitrogens with two attached hydrogens (primary N) is 1. The first-order valence-corrected chi connectivity index (χ1v) is 17.5. The molecule has 2 aromatic carbocycles. The summed E-state index contributed by atoms with van der Waals surface area (Å²) < 4.78 is 19.6. The van der Waals surface area contributed by atoms with Crippen LogP contribution in [0.4, 0.5) is 5.69 Å². The topological polar surface area (TPSA) is 101 Å². The second-order valence-electron chi connectivity index (χ2n) is 9.55. The van der Waals surface area contributed by atoms with E-state index in [-0.39, 0.29) is 31.2 Å². The van der Waals surface area contributed by atoms with Crippen molar-refractivity contribution in [2.75, 3.05) is 27.4 Å². The molecule has 0 bridgehead atoms. The summed E-state index contributed by atoms with van der Waals surface area (Å²) in [5, 5.41) is 0. The summed E-state index contributed by atoms with van der Waals surface area (Å²) in [7, 11) is 2.72. The summed E-state index contributed by atoms with van der Waals surface area (Å²) in [6.45, 7) is 23.8. The van der Waals surface area contributed by atoms with E-state index in [0.717, 1.165) is 27.8 Å². The van der Waals surface area contributed by atoms with E-state index >= 15 is 0 Å². The molecule has 0 aromatic heterocycles. The monoisotopic (exact) mass is 670 g/mol. The van der Waals surface area contributed by atoms with Crippen LogP contribution < -0.4 is 5.73 Å². The van der Waals surface area contributed by atoms with Crippen LogP contribution in [0.2, 0.25) is 0 Å². The van der Waals surface area contributed by atoms with Gasteiger partial charge in [0.1, 0.15) is 4.99 Å². The number of carbonyl (C=O) groups excluding carboxylic acids is 2. The van der Waals surface area contributed by atoms with Gasteiger partial charge < -0.3 is 24.3 Å². The van der Waals surface area contributed by atoms with E-state index in [1.165, 1.54) is 14.2 Å². The molecule has 12 heteroatoms. The van der Waals surface area contributed by atoms with Crippen molar-refractivity contribution in [2.45, 2.75) is 74.7 Å². The van der Waals surface area contributed by atoms with Gasteiger partial charge in [-0.3, -0.25) is 0 Å². The fourth-order valence-corrected chi connectivity index (χ4v) is 6.00. The number of nitrogens with zero attached hydrogens (tertiary/aromatic N) is 1. The molecule has 0 aliphatic rings. The molecule has 0 saturated carbocycles. The molecule has 0 spiro atoms. The van der Waals surface area contributed by atoms with Gasteiger partial charge in [0.05, 0.1) is 45.1 Å². The van der Waals surface area contributed by atoms with Crippen molar-refractivity contribution in [1.29, 1.82) is 0 Å². The Morgan fingerprint density at radius 3 is 1.60 bits per heavy atom. The van der Waals surface area contributed by atoms with Crippen LogP contribution in [0.15, 0.2) is 24.3 Å². The first kappa shape index (κ1) is 42.8. The lowest BCUT2D eigenvalue weighted by atomic mass is 9.92. The van der Waals surface area contributed by atoms with Gasteiger partial charge in [0.2, 0.25) is 5.69 Å². The quantitative estimate of drug-likeness (QED) is 0.0891. The van der Waals surface area contributed by atoms with Gasteiger partial charge in [0.15, 0.2) is 5.69 Å². The third-order valence-electron chi connectivity index (χ3n) is 5.79. The summed E-state index contributed by atoms with van der Waals surface area (Å²) in [5.41, 5.74) is 9.49. The fraction of sp³-hybridized carbons (Fsp3) is 0.484. The summed E-state index contributed by atoms with van der Waals surface area (Å²) in [5.74, 6) is -0.268. The van der Waals surface area contributed by atoms with Crippen LogP contribution in [-0.4, -0.2) is 44.4 Å². The molecule has 43 heavy (non-hydrogen) atoms. The minimum Gasteiger partial charge on any atom is -0.465 e. The fourth-order valence-electron chi connectivity index (χ4n) is 3.73. The molecule has 2 rings (SSSR count). The molecular formula is C31H47N2O6PS3. The lowest BCUT2D eigenvalue weighted by Gasteiger charge is -2.15. The average Bonchev–Trinajstić information content (AvgIpc) is 2.92. The zero-order valence-electron chi connectivity index (χ0n) is 26.1. The highest BCUT2D eigenvalue weighted by Crippen LogP contribution is 2.52. The number of carbonyl (C=O) groups is 2. The Hall–Kier alpha value is -2.32. The Balaban J connectivity index is 0. The normalized spacial score (nSPS) is 10.3. The van der Waals surface area contributed by atoms with Crippen molar-refractivity contribution in [3.8, 4) is 0 Å². The largest absolute Gasteiger partial charge is 0.465 e. The standard InChI is InChI=1S/C13H17NO2S.C13H15NO2.C4H11O2PS2.CH4/c1-7(2)9-5-8(3)10(12(14)17)6-11(9)13(15)16-4;1-8(2)10-6-9(3)12(14-4)7-11(10)13(15)16-5;1-3-5-7(8,9)6-4-2;/h5-7H,1-4H3,(H2,14,17);6-8H,1-3,5H3;3-4H2,1-2H3,(H,8,9);1H4. The number of hydrogen-bond donors (Lipinski definition) is 2. The third kappa shape index (κ3) is 13.9. The first-order chi connectivity index (χ1) is 19.5. The van der Waals surface area contributed by atoms with E-state index in [1.807, 2.05) is 67.5 Å². The molecule has 0 aliphatic heterocycles. The van der Waals surface area contributed by atoms with Gasteiger partial charge in [-0.25, -0.2) is 14.4 Å². The Morgan fingerprint density at radius 2 is 1.28 bits per heavy atom. The Morgan fingerprint density at radius 1 is 0.884 bits per heavy atom. The van der Waals surface area contributed by atoms with Gasteiger partial charge in [-0.1, -0.05) is 71.7 Å². The minimum atomic E-state index is -2.16. The van der Waals surface area contributed by atoms with E-state index in [2.05, 4.69) is 17.1 Å². The maximum Gasteiger partial charge on any atom is 0.338 e. The second-order valence-corrected chi connectivity index (χ2v) is 15.3. The van der Waals surface area contributed by atoms with Crippen LogP contribution in [0.5, 0.6) is 0 Å². The van der Waals surface area contributed by atoms with Crippen molar-refractivity contribution in [3.63, 3.8) is 0 Å².